The first kappa shape index (κ1) is 15.2. The van der Waals surface area contributed by atoms with Gasteiger partial charge in [-0.1, -0.05) is 23.2 Å². The Hall–Kier alpha value is -1.16. The molecule has 0 aliphatic carbocycles. The summed E-state index contributed by atoms with van der Waals surface area (Å²) < 4.78 is 10.9. The van der Waals surface area contributed by atoms with Gasteiger partial charge < -0.3 is 14.5 Å². The van der Waals surface area contributed by atoms with Crippen LogP contribution in [0.25, 0.3) is 0 Å². The van der Waals surface area contributed by atoms with Gasteiger partial charge in [-0.05, 0) is 38.1 Å². The van der Waals surface area contributed by atoms with Crippen molar-refractivity contribution < 1.29 is 9.15 Å². The number of ether oxygens (including phenoxy) is 1. The Morgan fingerprint density at radius 1 is 1.30 bits per heavy atom. The van der Waals surface area contributed by atoms with Crippen LogP contribution in [0.2, 0.25) is 10.0 Å². The number of hydrogen-bond donors (Lipinski definition) is 1. The highest BCUT2D eigenvalue weighted by atomic mass is 35.5. The molecule has 0 aliphatic rings. The Kier molecular flexibility index (Phi) is 4.97. The van der Waals surface area contributed by atoms with Gasteiger partial charge in [-0.3, -0.25) is 0 Å². The zero-order valence-corrected chi connectivity index (χ0v) is 13.2. The lowest BCUT2D eigenvalue weighted by atomic mass is 10.1. The fourth-order valence-electron chi connectivity index (χ4n) is 2.02. The van der Waals surface area contributed by atoms with Gasteiger partial charge in [0.2, 0.25) is 0 Å². The number of hydrogen-bond acceptors (Lipinski definition) is 3. The van der Waals surface area contributed by atoms with Crippen LogP contribution in [0.1, 0.15) is 30.0 Å². The third-order valence-corrected chi connectivity index (χ3v) is 3.58. The second-order valence-electron chi connectivity index (χ2n) is 4.63. The summed E-state index contributed by atoms with van der Waals surface area (Å²) in [5.74, 6) is 2.44. The van der Waals surface area contributed by atoms with Gasteiger partial charge in [-0.2, -0.15) is 0 Å². The second kappa shape index (κ2) is 6.53. The lowest BCUT2D eigenvalue weighted by Gasteiger charge is -2.15. The van der Waals surface area contributed by atoms with Crippen LogP contribution in [-0.2, 0) is 6.54 Å². The van der Waals surface area contributed by atoms with E-state index < -0.39 is 0 Å². The molecule has 1 atom stereocenters. The fraction of sp³-hybridized carbons (Fsp3) is 0.333. The SMILES string of the molecule is COc1c(Cl)cc(Cl)cc1CNC(C)c1ccc(C)o1. The molecule has 1 aromatic carbocycles. The molecule has 0 saturated heterocycles. The van der Waals surface area contributed by atoms with Crippen LogP contribution in [0.3, 0.4) is 0 Å². The third kappa shape index (κ3) is 3.48. The lowest BCUT2D eigenvalue weighted by molar-refractivity contribution is 0.396. The third-order valence-electron chi connectivity index (χ3n) is 3.08. The minimum Gasteiger partial charge on any atom is -0.495 e. The Balaban J connectivity index is 2.10. The predicted molar refractivity (Wildman–Crippen MR) is 81.7 cm³/mol. The highest BCUT2D eigenvalue weighted by Gasteiger charge is 2.13. The lowest BCUT2D eigenvalue weighted by Crippen LogP contribution is -2.18. The van der Waals surface area contributed by atoms with E-state index in [-0.39, 0.29) is 6.04 Å². The molecule has 0 aliphatic heterocycles. The van der Waals surface area contributed by atoms with Crippen LogP contribution >= 0.6 is 23.2 Å². The fourth-order valence-corrected chi connectivity index (χ4v) is 2.64. The maximum Gasteiger partial charge on any atom is 0.142 e. The summed E-state index contributed by atoms with van der Waals surface area (Å²) >= 11 is 12.1. The van der Waals surface area contributed by atoms with Crippen molar-refractivity contribution >= 4 is 23.2 Å². The maximum atomic E-state index is 6.11. The Morgan fingerprint density at radius 2 is 2.05 bits per heavy atom. The van der Waals surface area contributed by atoms with Crippen LogP contribution in [0.15, 0.2) is 28.7 Å². The zero-order chi connectivity index (χ0) is 14.7. The molecular formula is C15H17Cl2NO2. The van der Waals surface area contributed by atoms with Crippen molar-refractivity contribution in [2.45, 2.75) is 26.4 Å². The monoisotopic (exact) mass is 313 g/mol. The number of furan rings is 1. The van der Waals surface area contributed by atoms with Crippen molar-refractivity contribution in [3.63, 3.8) is 0 Å². The second-order valence-corrected chi connectivity index (χ2v) is 5.47. The highest BCUT2D eigenvalue weighted by molar-refractivity contribution is 6.35. The molecule has 0 amide bonds. The Labute approximate surface area is 128 Å². The van der Waals surface area contributed by atoms with Gasteiger partial charge in [-0.25, -0.2) is 0 Å². The first-order valence-electron chi connectivity index (χ1n) is 6.33. The van der Waals surface area contributed by atoms with E-state index in [0.717, 1.165) is 17.1 Å². The first-order valence-corrected chi connectivity index (χ1v) is 7.08. The molecule has 1 aromatic heterocycles. The molecule has 3 nitrogen and oxygen atoms in total. The minimum atomic E-state index is 0.0890. The Bertz CT molecular complexity index is 596. The van der Waals surface area contributed by atoms with Crippen molar-refractivity contribution in [1.29, 1.82) is 0 Å². The summed E-state index contributed by atoms with van der Waals surface area (Å²) in [6, 6.07) is 7.52. The highest BCUT2D eigenvalue weighted by Crippen LogP contribution is 2.32. The molecule has 108 valence electrons. The van der Waals surface area contributed by atoms with Crippen molar-refractivity contribution in [1.82, 2.24) is 5.32 Å². The molecule has 1 N–H and O–H groups in total. The first-order chi connectivity index (χ1) is 9.51. The van der Waals surface area contributed by atoms with E-state index in [2.05, 4.69) is 5.32 Å². The summed E-state index contributed by atoms with van der Waals surface area (Å²) in [6.07, 6.45) is 0. The average molecular weight is 314 g/mol. The smallest absolute Gasteiger partial charge is 0.142 e. The topological polar surface area (TPSA) is 34.4 Å². The Morgan fingerprint density at radius 3 is 2.65 bits per heavy atom. The summed E-state index contributed by atoms with van der Waals surface area (Å²) in [7, 11) is 1.60. The molecule has 0 fully saturated rings. The zero-order valence-electron chi connectivity index (χ0n) is 11.7. The van der Waals surface area contributed by atoms with E-state index >= 15 is 0 Å². The molecule has 0 saturated carbocycles. The van der Waals surface area contributed by atoms with E-state index in [4.69, 9.17) is 32.4 Å². The van der Waals surface area contributed by atoms with Gasteiger partial charge in [0.05, 0.1) is 18.2 Å². The summed E-state index contributed by atoms with van der Waals surface area (Å²) in [5.41, 5.74) is 0.917. The van der Waals surface area contributed by atoms with Gasteiger partial charge in [-0.15, -0.1) is 0 Å². The van der Waals surface area contributed by atoms with E-state index in [9.17, 15) is 0 Å². The molecule has 5 heteroatoms. The van der Waals surface area contributed by atoms with Crippen LogP contribution in [0.5, 0.6) is 5.75 Å². The van der Waals surface area contributed by atoms with Gasteiger partial charge in [0.25, 0.3) is 0 Å². The van der Waals surface area contributed by atoms with Crippen LogP contribution < -0.4 is 10.1 Å². The van der Waals surface area contributed by atoms with Crippen molar-refractivity contribution in [2.24, 2.45) is 0 Å². The van der Waals surface area contributed by atoms with Crippen LogP contribution in [-0.4, -0.2) is 7.11 Å². The molecule has 1 unspecified atom stereocenters. The van der Waals surface area contributed by atoms with Crippen molar-refractivity contribution in [3.05, 3.63) is 51.4 Å². The molecule has 2 aromatic rings. The van der Waals surface area contributed by atoms with E-state index in [1.165, 1.54) is 0 Å². The normalized spacial score (nSPS) is 12.4. The van der Waals surface area contributed by atoms with E-state index in [0.29, 0.717) is 22.3 Å². The number of rotatable bonds is 5. The molecule has 1 heterocycles. The van der Waals surface area contributed by atoms with E-state index in [1.807, 2.05) is 32.0 Å². The number of halogens is 2. The average Bonchev–Trinajstić information content (AvgIpc) is 2.82. The number of methoxy groups -OCH3 is 1. The molecular weight excluding hydrogens is 297 g/mol. The molecule has 0 bridgehead atoms. The predicted octanol–water partition coefficient (Wildman–Crippen LogP) is 4.75. The van der Waals surface area contributed by atoms with Gasteiger partial charge in [0, 0.05) is 17.1 Å². The summed E-state index contributed by atoms with van der Waals surface area (Å²) in [6.45, 7) is 4.55. The van der Waals surface area contributed by atoms with Crippen LogP contribution in [0, 0.1) is 6.92 Å². The summed E-state index contributed by atoms with van der Waals surface area (Å²) in [4.78, 5) is 0. The number of benzene rings is 1. The van der Waals surface area contributed by atoms with Crippen molar-refractivity contribution in [2.75, 3.05) is 7.11 Å². The van der Waals surface area contributed by atoms with Crippen LogP contribution in [0.4, 0.5) is 0 Å². The molecule has 2 rings (SSSR count). The number of aryl methyl sites for hydroxylation is 1. The molecule has 0 spiro atoms. The summed E-state index contributed by atoms with van der Waals surface area (Å²) in [5, 5.41) is 4.47. The van der Waals surface area contributed by atoms with Gasteiger partial charge in [0.1, 0.15) is 17.3 Å². The molecule has 0 radical (unpaired) electrons. The standard InChI is InChI=1S/C15H17Cl2NO2/c1-9-4-5-14(20-9)10(2)18-8-11-6-12(16)7-13(17)15(11)19-3/h4-7,10,18H,8H2,1-3H3. The van der Waals surface area contributed by atoms with Gasteiger partial charge in [0.15, 0.2) is 0 Å². The van der Waals surface area contributed by atoms with Crippen molar-refractivity contribution in [3.8, 4) is 5.75 Å². The minimum absolute atomic E-state index is 0.0890. The number of nitrogens with one attached hydrogen (secondary N) is 1. The van der Waals surface area contributed by atoms with E-state index in [1.54, 1.807) is 13.2 Å². The largest absolute Gasteiger partial charge is 0.495 e. The molecule has 20 heavy (non-hydrogen) atoms. The van der Waals surface area contributed by atoms with Gasteiger partial charge >= 0.3 is 0 Å². The maximum absolute atomic E-state index is 6.11. The quantitative estimate of drug-likeness (QED) is 0.864.